The molecular formula is C11H9Cl2N5. The maximum Gasteiger partial charge on any atom is 0.177 e. The van der Waals surface area contributed by atoms with E-state index in [1.807, 2.05) is 6.92 Å². The van der Waals surface area contributed by atoms with Gasteiger partial charge in [0.05, 0.1) is 5.69 Å². The molecule has 0 aliphatic rings. The SMILES string of the molecule is CCCc1nn(-c2ccc(Cl)nn2)c(Cl)c1C#N. The van der Waals surface area contributed by atoms with Gasteiger partial charge in [-0.25, -0.2) is 4.68 Å². The van der Waals surface area contributed by atoms with E-state index >= 15 is 0 Å². The molecule has 0 radical (unpaired) electrons. The summed E-state index contributed by atoms with van der Waals surface area (Å²) < 4.78 is 1.40. The van der Waals surface area contributed by atoms with Crippen molar-refractivity contribution in [3.63, 3.8) is 0 Å². The Balaban J connectivity index is 2.52. The molecule has 0 aromatic carbocycles. The molecule has 0 unspecified atom stereocenters. The lowest BCUT2D eigenvalue weighted by atomic mass is 10.2. The average Bonchev–Trinajstić information content (AvgIpc) is 2.67. The lowest BCUT2D eigenvalue weighted by Gasteiger charge is -1.99. The summed E-state index contributed by atoms with van der Waals surface area (Å²) in [7, 11) is 0. The lowest BCUT2D eigenvalue weighted by molar-refractivity contribution is 0.774. The molecule has 0 spiro atoms. The Morgan fingerprint density at radius 2 is 2.11 bits per heavy atom. The van der Waals surface area contributed by atoms with Gasteiger partial charge in [-0.15, -0.1) is 10.2 Å². The van der Waals surface area contributed by atoms with Crippen LogP contribution in [0.2, 0.25) is 10.3 Å². The Labute approximate surface area is 114 Å². The highest BCUT2D eigenvalue weighted by Crippen LogP contribution is 2.23. The number of hydrogen-bond donors (Lipinski definition) is 0. The molecule has 0 aliphatic heterocycles. The first-order valence-electron chi connectivity index (χ1n) is 5.34. The largest absolute Gasteiger partial charge is 0.200 e. The van der Waals surface area contributed by atoms with Crippen LogP contribution in [0.3, 0.4) is 0 Å². The van der Waals surface area contributed by atoms with Crippen LogP contribution in [0.4, 0.5) is 0 Å². The summed E-state index contributed by atoms with van der Waals surface area (Å²) in [6.45, 7) is 2.01. The fourth-order valence-corrected chi connectivity index (χ4v) is 1.91. The van der Waals surface area contributed by atoms with Gasteiger partial charge in [0.25, 0.3) is 0 Å². The highest BCUT2D eigenvalue weighted by Gasteiger charge is 2.17. The molecule has 7 heteroatoms. The second-order valence-corrected chi connectivity index (χ2v) is 4.35. The van der Waals surface area contributed by atoms with Crippen LogP contribution in [0.5, 0.6) is 0 Å². The van der Waals surface area contributed by atoms with E-state index in [1.165, 1.54) is 4.68 Å². The Morgan fingerprint density at radius 3 is 2.67 bits per heavy atom. The standard InChI is InChI=1S/C11H9Cl2N5/c1-2-3-8-7(6-14)11(13)18(17-8)10-5-4-9(12)15-16-10/h4-5H,2-3H2,1H3. The number of aryl methyl sites for hydroxylation is 1. The van der Waals surface area contributed by atoms with Gasteiger partial charge in [0, 0.05) is 0 Å². The Morgan fingerprint density at radius 1 is 1.33 bits per heavy atom. The smallest absolute Gasteiger partial charge is 0.177 e. The van der Waals surface area contributed by atoms with E-state index in [1.54, 1.807) is 12.1 Å². The number of rotatable bonds is 3. The molecular weight excluding hydrogens is 273 g/mol. The van der Waals surface area contributed by atoms with Crippen molar-refractivity contribution in [3.05, 3.63) is 33.7 Å². The van der Waals surface area contributed by atoms with E-state index in [9.17, 15) is 0 Å². The van der Waals surface area contributed by atoms with Crippen LogP contribution < -0.4 is 0 Å². The predicted octanol–water partition coefficient (Wildman–Crippen LogP) is 2.79. The number of hydrogen-bond acceptors (Lipinski definition) is 4. The molecule has 0 amide bonds. The molecule has 2 aromatic rings. The third-order valence-corrected chi connectivity index (χ3v) is 2.89. The molecule has 18 heavy (non-hydrogen) atoms. The highest BCUT2D eigenvalue weighted by atomic mass is 35.5. The third-order valence-electron chi connectivity index (χ3n) is 2.34. The number of nitriles is 1. The minimum absolute atomic E-state index is 0.248. The van der Waals surface area contributed by atoms with Gasteiger partial charge >= 0.3 is 0 Å². The van der Waals surface area contributed by atoms with Crippen molar-refractivity contribution in [3.8, 4) is 11.9 Å². The molecule has 92 valence electrons. The summed E-state index contributed by atoms with van der Waals surface area (Å²) in [6, 6.07) is 5.30. The minimum atomic E-state index is 0.248. The molecule has 2 rings (SSSR count). The monoisotopic (exact) mass is 281 g/mol. The first-order chi connectivity index (χ1) is 8.67. The maximum absolute atomic E-state index is 9.09. The zero-order valence-electron chi connectivity index (χ0n) is 9.56. The van der Waals surface area contributed by atoms with Gasteiger partial charge in [-0.3, -0.25) is 0 Å². The normalized spacial score (nSPS) is 10.3. The van der Waals surface area contributed by atoms with Crippen LogP contribution in [0.15, 0.2) is 12.1 Å². The molecule has 2 aromatic heterocycles. The van der Waals surface area contributed by atoms with E-state index in [-0.39, 0.29) is 10.3 Å². The molecule has 2 heterocycles. The van der Waals surface area contributed by atoms with E-state index < -0.39 is 0 Å². The van der Waals surface area contributed by atoms with Crippen molar-refractivity contribution in [1.29, 1.82) is 5.26 Å². The average molecular weight is 282 g/mol. The highest BCUT2D eigenvalue weighted by molar-refractivity contribution is 6.31. The Hall–Kier alpha value is -1.64. The second-order valence-electron chi connectivity index (χ2n) is 3.60. The lowest BCUT2D eigenvalue weighted by Crippen LogP contribution is -2.01. The van der Waals surface area contributed by atoms with Gasteiger partial charge in [0.1, 0.15) is 11.6 Å². The number of halogens is 2. The maximum atomic E-state index is 9.09. The van der Waals surface area contributed by atoms with Crippen LogP contribution in [-0.2, 0) is 6.42 Å². The molecule has 0 saturated heterocycles. The quantitative estimate of drug-likeness (QED) is 0.868. The summed E-state index contributed by atoms with van der Waals surface area (Å²) in [5, 5.41) is 21.5. The summed E-state index contributed by atoms with van der Waals surface area (Å²) in [4.78, 5) is 0. The summed E-state index contributed by atoms with van der Waals surface area (Å²) in [5.41, 5.74) is 1.05. The van der Waals surface area contributed by atoms with Crippen molar-refractivity contribution < 1.29 is 0 Å². The Kier molecular flexibility index (Phi) is 3.80. The first-order valence-corrected chi connectivity index (χ1v) is 6.10. The van der Waals surface area contributed by atoms with Crippen molar-refractivity contribution in [2.24, 2.45) is 0 Å². The molecule has 0 fully saturated rings. The number of aromatic nitrogens is 4. The first kappa shape index (κ1) is 12.8. The fraction of sp³-hybridized carbons (Fsp3) is 0.273. The van der Waals surface area contributed by atoms with Crippen LogP contribution in [0, 0.1) is 11.3 Å². The van der Waals surface area contributed by atoms with Crippen molar-refractivity contribution in [2.45, 2.75) is 19.8 Å². The van der Waals surface area contributed by atoms with Gasteiger partial charge in [-0.1, -0.05) is 36.5 Å². The van der Waals surface area contributed by atoms with Gasteiger partial charge in [-0.05, 0) is 18.6 Å². The van der Waals surface area contributed by atoms with Gasteiger partial charge in [0.2, 0.25) is 0 Å². The van der Waals surface area contributed by atoms with E-state index in [0.717, 1.165) is 6.42 Å². The second kappa shape index (κ2) is 5.34. The van der Waals surface area contributed by atoms with Crippen molar-refractivity contribution in [1.82, 2.24) is 20.0 Å². The minimum Gasteiger partial charge on any atom is -0.200 e. The predicted molar refractivity (Wildman–Crippen MR) is 67.9 cm³/mol. The molecule has 0 saturated carbocycles. The fourth-order valence-electron chi connectivity index (χ4n) is 1.54. The zero-order valence-corrected chi connectivity index (χ0v) is 11.1. The van der Waals surface area contributed by atoms with Crippen LogP contribution in [0.25, 0.3) is 5.82 Å². The van der Waals surface area contributed by atoms with Gasteiger partial charge in [0.15, 0.2) is 16.1 Å². The van der Waals surface area contributed by atoms with Gasteiger partial charge < -0.3 is 0 Å². The van der Waals surface area contributed by atoms with Crippen molar-refractivity contribution in [2.75, 3.05) is 0 Å². The zero-order chi connectivity index (χ0) is 13.1. The van der Waals surface area contributed by atoms with Crippen LogP contribution >= 0.6 is 23.2 Å². The van der Waals surface area contributed by atoms with E-state index in [0.29, 0.717) is 23.5 Å². The molecule has 5 nitrogen and oxygen atoms in total. The van der Waals surface area contributed by atoms with E-state index in [4.69, 9.17) is 28.5 Å². The molecule has 0 aliphatic carbocycles. The summed E-state index contributed by atoms with van der Waals surface area (Å²) in [6.07, 6.45) is 1.57. The van der Waals surface area contributed by atoms with E-state index in [2.05, 4.69) is 21.4 Å². The Bertz CT molecular complexity index is 597. The van der Waals surface area contributed by atoms with Crippen LogP contribution in [-0.4, -0.2) is 20.0 Å². The molecule has 0 atom stereocenters. The summed E-state index contributed by atoms with van der Waals surface area (Å²) in [5.74, 6) is 0.434. The molecule has 0 bridgehead atoms. The van der Waals surface area contributed by atoms with Gasteiger partial charge in [-0.2, -0.15) is 10.4 Å². The van der Waals surface area contributed by atoms with Crippen LogP contribution in [0.1, 0.15) is 24.6 Å². The number of nitrogens with zero attached hydrogens (tertiary/aromatic N) is 5. The summed E-state index contributed by atoms with van der Waals surface area (Å²) >= 11 is 11.8. The topological polar surface area (TPSA) is 67.4 Å². The molecule has 0 N–H and O–H groups in total. The van der Waals surface area contributed by atoms with Crippen molar-refractivity contribution >= 4 is 23.2 Å². The third kappa shape index (κ3) is 2.30.